The van der Waals surface area contributed by atoms with Gasteiger partial charge in [0.25, 0.3) is 0 Å². The molecule has 3 atom stereocenters. The molecule has 1 aliphatic heterocycles. The molecule has 0 aromatic carbocycles. The lowest BCUT2D eigenvalue weighted by molar-refractivity contribution is -0.130. The molecule has 2 aliphatic rings. The van der Waals surface area contributed by atoms with E-state index in [9.17, 15) is 0 Å². The van der Waals surface area contributed by atoms with Gasteiger partial charge in [0.1, 0.15) is 0 Å². The van der Waals surface area contributed by atoms with E-state index in [0.717, 1.165) is 31.8 Å². The van der Waals surface area contributed by atoms with E-state index in [1.807, 2.05) is 7.05 Å². The molecule has 0 bridgehead atoms. The molecular weight excluding hydrogens is 230 g/mol. The Kier molecular flexibility index (Phi) is 3.07. The second-order valence-electron chi connectivity index (χ2n) is 5.66. The molecule has 0 radical (unpaired) electrons. The van der Waals surface area contributed by atoms with Gasteiger partial charge in [-0.2, -0.15) is 0 Å². The highest BCUT2D eigenvalue weighted by molar-refractivity contribution is 5.08. The molecule has 2 heterocycles. The molecular formula is C12H21N5O. The first kappa shape index (κ1) is 12.0. The van der Waals surface area contributed by atoms with Crippen molar-refractivity contribution in [2.75, 3.05) is 13.2 Å². The minimum Gasteiger partial charge on any atom is -0.372 e. The van der Waals surface area contributed by atoms with Gasteiger partial charge in [0.05, 0.1) is 18.2 Å². The van der Waals surface area contributed by atoms with Gasteiger partial charge in [0.15, 0.2) is 5.82 Å². The van der Waals surface area contributed by atoms with Crippen molar-refractivity contribution in [2.45, 2.75) is 44.2 Å². The largest absolute Gasteiger partial charge is 0.372 e. The molecule has 6 heteroatoms. The smallest absolute Gasteiger partial charge is 0.170 e. The summed E-state index contributed by atoms with van der Waals surface area (Å²) in [5.74, 6) is 1.60. The molecule has 6 nitrogen and oxygen atoms in total. The van der Waals surface area contributed by atoms with Gasteiger partial charge < -0.3 is 10.1 Å². The number of morpholine rings is 1. The summed E-state index contributed by atoms with van der Waals surface area (Å²) in [6.45, 7) is 3.97. The fourth-order valence-corrected chi connectivity index (χ4v) is 3.47. The zero-order valence-corrected chi connectivity index (χ0v) is 11.1. The van der Waals surface area contributed by atoms with Crippen LogP contribution in [0.25, 0.3) is 0 Å². The van der Waals surface area contributed by atoms with Gasteiger partial charge in [-0.3, -0.25) is 0 Å². The Labute approximate surface area is 107 Å². The summed E-state index contributed by atoms with van der Waals surface area (Å²) in [4.78, 5) is 0. The van der Waals surface area contributed by atoms with E-state index in [1.54, 1.807) is 4.68 Å². The molecule has 2 fully saturated rings. The number of aryl methyl sites for hydroxylation is 1. The standard InChI is InChI=1S/C12H21N5O/c1-9-4-3-5-12(8-9)10(13-6-7-18-12)11-14-15-16-17(11)2/h9-10,13H,3-8H2,1-2H3. The number of tetrazole rings is 1. The average Bonchev–Trinajstić information content (AvgIpc) is 2.76. The van der Waals surface area contributed by atoms with Crippen molar-refractivity contribution in [3.63, 3.8) is 0 Å². The third kappa shape index (κ3) is 1.93. The summed E-state index contributed by atoms with van der Waals surface area (Å²) in [6, 6.07) is 0.119. The van der Waals surface area contributed by atoms with Gasteiger partial charge in [0.2, 0.25) is 0 Å². The molecule has 3 unspecified atom stereocenters. The molecule has 100 valence electrons. The van der Waals surface area contributed by atoms with E-state index < -0.39 is 0 Å². The average molecular weight is 251 g/mol. The predicted octanol–water partition coefficient (Wildman–Crippen LogP) is 0.820. The van der Waals surface area contributed by atoms with Crippen LogP contribution in [-0.2, 0) is 11.8 Å². The molecule has 1 aromatic heterocycles. The van der Waals surface area contributed by atoms with Crippen molar-refractivity contribution < 1.29 is 4.74 Å². The number of hydrogen-bond donors (Lipinski definition) is 1. The Morgan fingerprint density at radius 3 is 3.11 bits per heavy atom. The summed E-state index contributed by atoms with van der Waals surface area (Å²) in [7, 11) is 1.89. The van der Waals surface area contributed by atoms with Crippen LogP contribution in [0.5, 0.6) is 0 Å². The fraction of sp³-hybridized carbons (Fsp3) is 0.917. The predicted molar refractivity (Wildman–Crippen MR) is 65.9 cm³/mol. The van der Waals surface area contributed by atoms with E-state index in [-0.39, 0.29) is 11.6 Å². The number of nitrogens with one attached hydrogen (secondary N) is 1. The molecule has 1 aliphatic carbocycles. The highest BCUT2D eigenvalue weighted by Crippen LogP contribution is 2.44. The van der Waals surface area contributed by atoms with Crippen molar-refractivity contribution in [1.82, 2.24) is 25.5 Å². The number of rotatable bonds is 1. The van der Waals surface area contributed by atoms with Crippen LogP contribution in [0, 0.1) is 5.92 Å². The summed E-state index contributed by atoms with van der Waals surface area (Å²) in [5, 5.41) is 15.4. The first-order chi connectivity index (χ1) is 8.71. The van der Waals surface area contributed by atoms with E-state index in [0.29, 0.717) is 5.92 Å². The molecule has 1 saturated carbocycles. The molecule has 18 heavy (non-hydrogen) atoms. The SMILES string of the molecule is CC1CCCC2(C1)OCCNC2c1nnnn1C. The Morgan fingerprint density at radius 2 is 2.39 bits per heavy atom. The molecule has 3 rings (SSSR count). The van der Waals surface area contributed by atoms with Gasteiger partial charge in [-0.1, -0.05) is 19.8 Å². The second-order valence-corrected chi connectivity index (χ2v) is 5.66. The zero-order valence-electron chi connectivity index (χ0n) is 11.1. The van der Waals surface area contributed by atoms with Crippen molar-refractivity contribution in [3.05, 3.63) is 5.82 Å². The minimum absolute atomic E-state index is 0.113. The summed E-state index contributed by atoms with van der Waals surface area (Å²) < 4.78 is 7.95. The van der Waals surface area contributed by atoms with Gasteiger partial charge in [-0.15, -0.1) is 5.10 Å². The van der Waals surface area contributed by atoms with E-state index in [2.05, 4.69) is 27.8 Å². The molecule has 0 amide bonds. The summed E-state index contributed by atoms with van der Waals surface area (Å²) in [5.41, 5.74) is -0.113. The van der Waals surface area contributed by atoms with E-state index in [1.165, 1.54) is 12.8 Å². The lowest BCUT2D eigenvalue weighted by Crippen LogP contribution is -2.55. The normalized spacial score (nSPS) is 37.0. The first-order valence-electron chi connectivity index (χ1n) is 6.81. The zero-order chi connectivity index (χ0) is 12.6. The minimum atomic E-state index is -0.113. The molecule has 1 spiro atoms. The third-order valence-corrected chi connectivity index (χ3v) is 4.27. The number of hydrogen-bond acceptors (Lipinski definition) is 5. The number of nitrogens with zero attached hydrogens (tertiary/aromatic N) is 4. The maximum atomic E-state index is 6.20. The quantitative estimate of drug-likeness (QED) is 0.800. The van der Waals surface area contributed by atoms with Crippen molar-refractivity contribution in [3.8, 4) is 0 Å². The third-order valence-electron chi connectivity index (χ3n) is 4.27. The maximum absolute atomic E-state index is 6.20. The Morgan fingerprint density at radius 1 is 1.50 bits per heavy atom. The highest BCUT2D eigenvalue weighted by atomic mass is 16.5. The van der Waals surface area contributed by atoms with E-state index in [4.69, 9.17) is 4.74 Å². The van der Waals surface area contributed by atoms with Crippen LogP contribution in [0.2, 0.25) is 0 Å². The summed E-state index contributed by atoms with van der Waals surface area (Å²) >= 11 is 0. The van der Waals surface area contributed by atoms with Gasteiger partial charge >= 0.3 is 0 Å². The first-order valence-corrected chi connectivity index (χ1v) is 6.81. The number of aromatic nitrogens is 4. The van der Waals surface area contributed by atoms with Crippen LogP contribution < -0.4 is 5.32 Å². The van der Waals surface area contributed by atoms with Crippen LogP contribution in [0.4, 0.5) is 0 Å². The van der Waals surface area contributed by atoms with Gasteiger partial charge in [-0.05, 0) is 29.2 Å². The fourth-order valence-electron chi connectivity index (χ4n) is 3.47. The van der Waals surface area contributed by atoms with Crippen LogP contribution in [-0.4, -0.2) is 39.0 Å². The van der Waals surface area contributed by atoms with Crippen LogP contribution in [0.3, 0.4) is 0 Å². The van der Waals surface area contributed by atoms with Gasteiger partial charge in [-0.25, -0.2) is 4.68 Å². The van der Waals surface area contributed by atoms with Crippen LogP contribution >= 0.6 is 0 Å². The lowest BCUT2D eigenvalue weighted by Gasteiger charge is -2.47. The van der Waals surface area contributed by atoms with Crippen molar-refractivity contribution in [1.29, 1.82) is 0 Å². The Balaban J connectivity index is 1.92. The molecule has 1 saturated heterocycles. The Hall–Kier alpha value is -1.01. The monoisotopic (exact) mass is 251 g/mol. The maximum Gasteiger partial charge on any atom is 0.170 e. The lowest BCUT2D eigenvalue weighted by atomic mass is 9.73. The second kappa shape index (κ2) is 4.59. The topological polar surface area (TPSA) is 64.9 Å². The van der Waals surface area contributed by atoms with Crippen molar-refractivity contribution in [2.24, 2.45) is 13.0 Å². The van der Waals surface area contributed by atoms with Gasteiger partial charge in [0, 0.05) is 13.6 Å². The highest BCUT2D eigenvalue weighted by Gasteiger charge is 2.47. The number of ether oxygens (including phenoxy) is 1. The van der Waals surface area contributed by atoms with Crippen LogP contribution in [0.15, 0.2) is 0 Å². The van der Waals surface area contributed by atoms with Crippen LogP contribution in [0.1, 0.15) is 44.5 Å². The summed E-state index contributed by atoms with van der Waals surface area (Å²) in [6.07, 6.45) is 4.72. The van der Waals surface area contributed by atoms with E-state index >= 15 is 0 Å². The van der Waals surface area contributed by atoms with Crippen molar-refractivity contribution >= 4 is 0 Å². The molecule has 1 aromatic rings. The Bertz CT molecular complexity index is 416. The molecule has 1 N–H and O–H groups in total.